The number of rotatable bonds is 4. The van der Waals surface area contributed by atoms with E-state index in [0.29, 0.717) is 50.0 Å². The van der Waals surface area contributed by atoms with Crippen molar-refractivity contribution in [2.45, 2.75) is 50.9 Å². The lowest BCUT2D eigenvalue weighted by atomic mass is 10.0. The highest BCUT2D eigenvalue weighted by atomic mass is 35.5. The molecule has 4 atom stereocenters. The van der Waals surface area contributed by atoms with Crippen molar-refractivity contribution >= 4 is 36.2 Å². The lowest BCUT2D eigenvalue weighted by Gasteiger charge is -2.36. The van der Waals surface area contributed by atoms with Crippen LogP contribution in [0.3, 0.4) is 0 Å². The van der Waals surface area contributed by atoms with Crippen molar-refractivity contribution in [3.63, 3.8) is 0 Å². The van der Waals surface area contributed by atoms with Gasteiger partial charge >= 0.3 is 0 Å². The molecular formula is C19H33ClN12. The molecule has 4 rings (SSSR count). The summed E-state index contributed by atoms with van der Waals surface area (Å²) in [6.07, 6.45) is 1.54. The van der Waals surface area contributed by atoms with Gasteiger partial charge in [-0.25, -0.2) is 9.97 Å². The Bertz CT molecular complexity index is 843. The summed E-state index contributed by atoms with van der Waals surface area (Å²) in [6, 6.07) is 1.74. The molecule has 0 radical (unpaired) electrons. The molecule has 0 unspecified atom stereocenters. The molecule has 0 saturated carbocycles. The molecule has 0 bridgehead atoms. The van der Waals surface area contributed by atoms with E-state index in [9.17, 15) is 0 Å². The Balaban J connectivity index is 0.00000289. The first-order valence-electron chi connectivity index (χ1n) is 10.6. The number of anilines is 4. The van der Waals surface area contributed by atoms with E-state index in [1.807, 2.05) is 29.7 Å². The largest absolute Gasteiger partial charge is 0.338 e. The van der Waals surface area contributed by atoms with E-state index in [1.54, 1.807) is 0 Å². The first-order valence-corrected chi connectivity index (χ1v) is 10.6. The van der Waals surface area contributed by atoms with Gasteiger partial charge < -0.3 is 32.7 Å². The number of nitrogens with zero attached hydrogens (tertiary/aromatic N) is 7. The molecule has 13 heteroatoms. The van der Waals surface area contributed by atoms with Gasteiger partial charge in [0.1, 0.15) is 0 Å². The van der Waals surface area contributed by atoms with Crippen molar-refractivity contribution in [2.24, 2.45) is 22.9 Å². The van der Waals surface area contributed by atoms with Gasteiger partial charge in [-0.1, -0.05) is 0 Å². The van der Waals surface area contributed by atoms with Crippen LogP contribution in [0, 0.1) is 13.8 Å². The Morgan fingerprint density at radius 2 is 1.06 bits per heavy atom. The summed E-state index contributed by atoms with van der Waals surface area (Å²) in [5.74, 6) is 1.80. The lowest BCUT2D eigenvalue weighted by Crippen LogP contribution is -2.54. The van der Waals surface area contributed by atoms with Crippen LogP contribution in [0.1, 0.15) is 24.2 Å². The third-order valence-electron chi connectivity index (χ3n) is 5.41. The molecule has 0 aromatic carbocycles. The Kier molecular flexibility index (Phi) is 7.62. The van der Waals surface area contributed by atoms with Gasteiger partial charge in [-0.2, -0.15) is 15.0 Å². The predicted molar refractivity (Wildman–Crippen MR) is 127 cm³/mol. The summed E-state index contributed by atoms with van der Waals surface area (Å²) >= 11 is 0. The van der Waals surface area contributed by atoms with Gasteiger partial charge in [0.05, 0.1) is 0 Å². The minimum atomic E-state index is -0.0417. The van der Waals surface area contributed by atoms with Gasteiger partial charge in [-0.15, -0.1) is 12.4 Å². The maximum atomic E-state index is 6.19. The van der Waals surface area contributed by atoms with Crippen LogP contribution in [0.4, 0.5) is 23.8 Å². The number of aryl methyl sites for hydroxylation is 2. The quantitative estimate of drug-likeness (QED) is 0.378. The molecule has 2 aromatic rings. The summed E-state index contributed by atoms with van der Waals surface area (Å²) < 4.78 is 0. The molecule has 0 amide bonds. The standard InChI is InChI=1S/C19H32N12.ClH/c1-10-3-11(2)25-16(24-10)26-17-27-18(30-6-12(20)4-13(21)7-30)29-19(28-17)31-8-14(22)5-15(23)9-31;/h3,12-15H,4-9,20-23H2,1-2H3,(H,24,25,26,27,28,29);1H/t12-,13+,14-,15+;. The summed E-state index contributed by atoms with van der Waals surface area (Å²) in [6.45, 7) is 6.31. The van der Waals surface area contributed by atoms with Crippen molar-refractivity contribution in [2.75, 3.05) is 41.3 Å². The lowest BCUT2D eigenvalue weighted by molar-refractivity contribution is 0.441. The monoisotopic (exact) mass is 464 g/mol. The van der Waals surface area contributed by atoms with Crippen LogP contribution in [-0.4, -0.2) is 75.3 Å². The van der Waals surface area contributed by atoms with Crippen LogP contribution in [0.5, 0.6) is 0 Å². The first-order chi connectivity index (χ1) is 14.7. The topological polar surface area (TPSA) is 187 Å². The van der Waals surface area contributed by atoms with Gasteiger partial charge in [0.25, 0.3) is 0 Å². The SMILES string of the molecule is Cc1cc(C)nc(Nc2nc(N3C[C@H](N)C[C@H](N)C3)nc(N3C[C@H](N)C[C@H](N)C3)n2)n1.Cl. The fraction of sp³-hybridized carbons (Fsp3) is 0.632. The Morgan fingerprint density at radius 3 is 1.47 bits per heavy atom. The fourth-order valence-electron chi connectivity index (χ4n) is 4.26. The first kappa shape index (κ1) is 24.3. The van der Waals surface area contributed by atoms with Crippen LogP contribution >= 0.6 is 12.4 Å². The van der Waals surface area contributed by atoms with Crippen molar-refractivity contribution in [3.8, 4) is 0 Å². The summed E-state index contributed by atoms with van der Waals surface area (Å²) in [7, 11) is 0. The molecule has 176 valence electrons. The summed E-state index contributed by atoms with van der Waals surface area (Å²) in [5.41, 5.74) is 26.5. The van der Waals surface area contributed by atoms with Crippen molar-refractivity contribution in [1.82, 2.24) is 24.9 Å². The zero-order valence-corrected chi connectivity index (χ0v) is 19.3. The zero-order valence-electron chi connectivity index (χ0n) is 18.5. The van der Waals surface area contributed by atoms with Gasteiger partial charge in [-0.3, -0.25) is 5.32 Å². The maximum Gasteiger partial charge on any atom is 0.236 e. The van der Waals surface area contributed by atoms with Crippen molar-refractivity contribution in [1.29, 1.82) is 0 Å². The van der Waals surface area contributed by atoms with Crippen LogP contribution in [0.15, 0.2) is 6.07 Å². The number of nitrogens with two attached hydrogens (primary N) is 4. The average Bonchev–Trinajstić information content (AvgIpc) is 2.65. The summed E-state index contributed by atoms with van der Waals surface area (Å²) in [4.78, 5) is 26.8. The van der Waals surface area contributed by atoms with Crippen LogP contribution in [0.25, 0.3) is 0 Å². The van der Waals surface area contributed by atoms with Crippen LogP contribution in [-0.2, 0) is 0 Å². The Morgan fingerprint density at radius 1 is 0.688 bits per heavy atom. The second-order valence-corrected chi connectivity index (χ2v) is 8.68. The average molecular weight is 465 g/mol. The molecule has 2 fully saturated rings. The van der Waals surface area contributed by atoms with E-state index in [0.717, 1.165) is 24.2 Å². The normalized spacial score (nSPS) is 25.9. The number of aromatic nitrogens is 5. The van der Waals surface area contributed by atoms with Gasteiger partial charge in [0.15, 0.2) is 0 Å². The summed E-state index contributed by atoms with van der Waals surface area (Å²) in [5, 5.41) is 3.13. The maximum absolute atomic E-state index is 6.19. The molecule has 0 spiro atoms. The van der Waals surface area contributed by atoms with Crippen molar-refractivity contribution in [3.05, 3.63) is 17.5 Å². The number of piperidine rings is 2. The molecule has 32 heavy (non-hydrogen) atoms. The van der Waals surface area contributed by atoms with Gasteiger partial charge in [0.2, 0.25) is 23.8 Å². The molecule has 2 saturated heterocycles. The molecule has 2 aromatic heterocycles. The van der Waals surface area contributed by atoms with Crippen molar-refractivity contribution < 1.29 is 0 Å². The van der Waals surface area contributed by atoms with Crippen LogP contribution < -0.4 is 38.1 Å². The highest BCUT2D eigenvalue weighted by Crippen LogP contribution is 2.23. The highest BCUT2D eigenvalue weighted by Gasteiger charge is 2.28. The van der Waals surface area contributed by atoms with Gasteiger partial charge in [0, 0.05) is 61.7 Å². The molecule has 2 aliphatic heterocycles. The van der Waals surface area contributed by atoms with Gasteiger partial charge in [-0.05, 0) is 32.8 Å². The minimum Gasteiger partial charge on any atom is -0.338 e. The third-order valence-corrected chi connectivity index (χ3v) is 5.41. The number of nitrogens with one attached hydrogen (secondary N) is 1. The zero-order chi connectivity index (χ0) is 22.1. The molecule has 12 nitrogen and oxygen atoms in total. The van der Waals surface area contributed by atoms with E-state index >= 15 is 0 Å². The number of hydrogen-bond acceptors (Lipinski definition) is 12. The van der Waals surface area contributed by atoms with E-state index < -0.39 is 0 Å². The highest BCUT2D eigenvalue weighted by molar-refractivity contribution is 5.85. The van der Waals surface area contributed by atoms with E-state index in [2.05, 4.69) is 25.3 Å². The van der Waals surface area contributed by atoms with E-state index in [1.165, 1.54) is 0 Å². The smallest absolute Gasteiger partial charge is 0.236 e. The van der Waals surface area contributed by atoms with Crippen LogP contribution in [0.2, 0.25) is 0 Å². The molecule has 9 N–H and O–H groups in total. The molecule has 0 aliphatic carbocycles. The second-order valence-electron chi connectivity index (χ2n) is 8.68. The van der Waals surface area contributed by atoms with E-state index in [-0.39, 0.29) is 36.6 Å². The second kappa shape index (κ2) is 10.0. The Labute approximate surface area is 194 Å². The fourth-order valence-corrected chi connectivity index (χ4v) is 4.26. The molecule has 2 aliphatic rings. The number of halogens is 1. The number of hydrogen-bond donors (Lipinski definition) is 5. The van der Waals surface area contributed by atoms with E-state index in [4.69, 9.17) is 27.9 Å². The Hall–Kier alpha value is -2.38. The molecular weight excluding hydrogens is 432 g/mol. The predicted octanol–water partition coefficient (Wildman–Crippen LogP) is -0.827. The third kappa shape index (κ3) is 5.90. The molecule has 4 heterocycles. The minimum absolute atomic E-state index is 0.